The first kappa shape index (κ1) is 13.5. The Morgan fingerprint density at radius 3 is 2.89 bits per heavy atom. The van der Waals surface area contributed by atoms with E-state index < -0.39 is 11.8 Å². The molecule has 0 aliphatic carbocycles. The number of ether oxygens (including phenoxy) is 1. The van der Waals surface area contributed by atoms with Gasteiger partial charge in [-0.1, -0.05) is 22.8 Å². The Hall–Kier alpha value is -1.88. The summed E-state index contributed by atoms with van der Waals surface area (Å²) in [5.41, 5.74) is 0.178. The molecule has 2 rings (SSSR count). The molecule has 0 aliphatic rings. The minimum absolute atomic E-state index is 0.0315. The van der Waals surface area contributed by atoms with Crippen molar-refractivity contribution in [2.75, 3.05) is 6.61 Å². The van der Waals surface area contributed by atoms with E-state index >= 15 is 0 Å². The van der Waals surface area contributed by atoms with Crippen molar-refractivity contribution in [3.05, 3.63) is 40.4 Å². The maximum absolute atomic E-state index is 13.9. The predicted octanol–water partition coefficient (Wildman–Crippen LogP) is 3.62. The van der Waals surface area contributed by atoms with Crippen LogP contribution in [-0.2, 0) is 4.74 Å². The first-order valence-electron chi connectivity index (χ1n) is 5.64. The van der Waals surface area contributed by atoms with Crippen LogP contribution in [0.25, 0.3) is 11.3 Å². The standard InChI is InChI=1S/C13H11ClFNO3/c1-3-18-13(17)10-7(2)19-16-12(10)11-8(14)5-4-6-9(11)15/h4-6H,3H2,1-2H3. The van der Waals surface area contributed by atoms with Crippen LogP contribution in [0.4, 0.5) is 4.39 Å². The Kier molecular flexibility index (Phi) is 3.85. The Morgan fingerprint density at radius 2 is 2.26 bits per heavy atom. The number of hydrogen-bond donors (Lipinski definition) is 0. The van der Waals surface area contributed by atoms with Crippen molar-refractivity contribution >= 4 is 17.6 Å². The van der Waals surface area contributed by atoms with E-state index in [0.29, 0.717) is 0 Å². The van der Waals surface area contributed by atoms with Crippen LogP contribution in [0.1, 0.15) is 23.0 Å². The van der Waals surface area contributed by atoms with Crippen LogP contribution < -0.4 is 0 Å². The zero-order valence-electron chi connectivity index (χ0n) is 10.4. The Balaban J connectivity index is 2.61. The lowest BCUT2D eigenvalue weighted by Gasteiger charge is -2.05. The van der Waals surface area contributed by atoms with Crippen molar-refractivity contribution in [1.29, 1.82) is 0 Å². The molecule has 4 nitrogen and oxygen atoms in total. The van der Waals surface area contributed by atoms with Crippen molar-refractivity contribution in [3.8, 4) is 11.3 Å². The minimum atomic E-state index is -0.615. The molecule has 19 heavy (non-hydrogen) atoms. The predicted molar refractivity (Wildman–Crippen MR) is 67.6 cm³/mol. The highest BCUT2D eigenvalue weighted by Crippen LogP contribution is 2.33. The van der Waals surface area contributed by atoms with E-state index in [1.165, 1.54) is 18.2 Å². The normalized spacial score (nSPS) is 10.5. The third-order valence-corrected chi connectivity index (χ3v) is 2.86. The molecular formula is C13H11ClFNO3. The van der Waals surface area contributed by atoms with Gasteiger partial charge in [-0.2, -0.15) is 0 Å². The number of benzene rings is 1. The lowest BCUT2D eigenvalue weighted by molar-refractivity contribution is 0.0525. The Labute approximate surface area is 114 Å². The van der Waals surface area contributed by atoms with Crippen LogP contribution in [0.5, 0.6) is 0 Å². The minimum Gasteiger partial charge on any atom is -0.462 e. The van der Waals surface area contributed by atoms with Gasteiger partial charge in [-0.25, -0.2) is 9.18 Å². The fourth-order valence-corrected chi connectivity index (χ4v) is 1.96. The third-order valence-electron chi connectivity index (χ3n) is 2.54. The SMILES string of the molecule is CCOC(=O)c1c(-c2c(F)cccc2Cl)noc1C. The molecular weight excluding hydrogens is 273 g/mol. The van der Waals surface area contributed by atoms with E-state index in [2.05, 4.69) is 5.16 Å². The van der Waals surface area contributed by atoms with Gasteiger partial charge >= 0.3 is 5.97 Å². The van der Waals surface area contributed by atoms with Gasteiger partial charge in [0.1, 0.15) is 22.8 Å². The summed E-state index contributed by atoms with van der Waals surface area (Å²) < 4.78 is 23.7. The van der Waals surface area contributed by atoms with Gasteiger partial charge in [0, 0.05) is 0 Å². The summed E-state index contributed by atoms with van der Waals surface area (Å²) >= 11 is 5.95. The molecule has 1 heterocycles. The van der Waals surface area contributed by atoms with E-state index in [1.807, 2.05) is 0 Å². The van der Waals surface area contributed by atoms with Crippen LogP contribution in [-0.4, -0.2) is 17.7 Å². The topological polar surface area (TPSA) is 52.3 Å². The highest BCUT2D eigenvalue weighted by molar-refractivity contribution is 6.33. The smallest absolute Gasteiger partial charge is 0.344 e. The summed E-state index contributed by atoms with van der Waals surface area (Å²) in [7, 11) is 0. The third kappa shape index (κ3) is 2.46. The summed E-state index contributed by atoms with van der Waals surface area (Å²) in [4.78, 5) is 11.9. The fourth-order valence-electron chi connectivity index (χ4n) is 1.71. The van der Waals surface area contributed by atoms with Crippen LogP contribution in [0.15, 0.2) is 22.7 Å². The van der Waals surface area contributed by atoms with Crippen LogP contribution in [0.2, 0.25) is 5.02 Å². The average molecular weight is 284 g/mol. The number of nitrogens with zero attached hydrogens (tertiary/aromatic N) is 1. The molecule has 0 atom stereocenters. The van der Waals surface area contributed by atoms with Gasteiger partial charge in [-0.3, -0.25) is 0 Å². The summed E-state index contributed by atoms with van der Waals surface area (Å²) in [5.74, 6) is -0.935. The average Bonchev–Trinajstić information content (AvgIpc) is 2.71. The molecule has 1 aromatic heterocycles. The van der Waals surface area contributed by atoms with E-state index in [1.54, 1.807) is 13.8 Å². The van der Waals surface area contributed by atoms with Gasteiger partial charge in [0.05, 0.1) is 17.2 Å². The summed E-state index contributed by atoms with van der Waals surface area (Å²) in [6, 6.07) is 4.22. The second-order valence-corrected chi connectivity index (χ2v) is 4.19. The maximum Gasteiger partial charge on any atom is 0.344 e. The molecule has 0 unspecified atom stereocenters. The van der Waals surface area contributed by atoms with Gasteiger partial charge in [0.15, 0.2) is 0 Å². The number of hydrogen-bond acceptors (Lipinski definition) is 4. The number of carbonyl (C=O) groups excluding carboxylic acids is 1. The zero-order valence-corrected chi connectivity index (χ0v) is 11.1. The molecule has 0 amide bonds. The molecule has 0 radical (unpaired) electrons. The summed E-state index contributed by atoms with van der Waals surface area (Å²) in [6.45, 7) is 3.43. The molecule has 2 aromatic rings. The molecule has 0 bridgehead atoms. The first-order valence-corrected chi connectivity index (χ1v) is 6.01. The number of aromatic nitrogens is 1. The molecule has 0 saturated heterocycles. The monoisotopic (exact) mass is 283 g/mol. The number of aryl methyl sites for hydroxylation is 1. The molecule has 0 fully saturated rings. The quantitative estimate of drug-likeness (QED) is 0.807. The van der Waals surface area contributed by atoms with Crippen molar-refractivity contribution in [2.45, 2.75) is 13.8 Å². The fraction of sp³-hybridized carbons (Fsp3) is 0.231. The summed E-state index contributed by atoms with van der Waals surface area (Å²) in [5, 5.41) is 3.86. The number of esters is 1. The largest absolute Gasteiger partial charge is 0.462 e. The van der Waals surface area contributed by atoms with E-state index in [4.69, 9.17) is 20.9 Å². The molecule has 1 aromatic carbocycles. The number of halogens is 2. The van der Waals surface area contributed by atoms with Crippen LogP contribution >= 0.6 is 11.6 Å². The zero-order chi connectivity index (χ0) is 14.0. The Morgan fingerprint density at radius 1 is 1.53 bits per heavy atom. The van der Waals surface area contributed by atoms with Gasteiger partial charge in [-0.15, -0.1) is 0 Å². The molecule has 0 N–H and O–H groups in total. The van der Waals surface area contributed by atoms with Crippen molar-refractivity contribution in [3.63, 3.8) is 0 Å². The molecule has 0 saturated carbocycles. The van der Waals surface area contributed by atoms with Gasteiger partial charge in [0.25, 0.3) is 0 Å². The van der Waals surface area contributed by atoms with Crippen LogP contribution in [0.3, 0.4) is 0 Å². The Bertz CT molecular complexity index is 604. The molecule has 100 valence electrons. The number of rotatable bonds is 3. The van der Waals surface area contributed by atoms with Gasteiger partial charge in [-0.05, 0) is 26.0 Å². The molecule has 6 heteroatoms. The van der Waals surface area contributed by atoms with Crippen molar-refractivity contribution in [1.82, 2.24) is 5.16 Å². The lowest BCUT2D eigenvalue weighted by Crippen LogP contribution is -2.07. The van der Waals surface area contributed by atoms with Gasteiger partial charge in [0.2, 0.25) is 0 Å². The van der Waals surface area contributed by atoms with E-state index in [9.17, 15) is 9.18 Å². The first-order chi connectivity index (χ1) is 9.06. The lowest BCUT2D eigenvalue weighted by atomic mass is 10.1. The van der Waals surface area contributed by atoms with E-state index in [0.717, 1.165) is 0 Å². The molecule has 0 aliphatic heterocycles. The van der Waals surface area contributed by atoms with Crippen LogP contribution in [0, 0.1) is 12.7 Å². The summed E-state index contributed by atoms with van der Waals surface area (Å²) in [6.07, 6.45) is 0. The highest BCUT2D eigenvalue weighted by Gasteiger charge is 2.26. The van der Waals surface area contributed by atoms with Gasteiger partial charge < -0.3 is 9.26 Å². The number of carbonyl (C=O) groups is 1. The van der Waals surface area contributed by atoms with Crippen molar-refractivity contribution in [2.24, 2.45) is 0 Å². The second kappa shape index (κ2) is 5.40. The van der Waals surface area contributed by atoms with E-state index in [-0.39, 0.29) is 34.2 Å². The highest BCUT2D eigenvalue weighted by atomic mass is 35.5. The maximum atomic E-state index is 13.9. The van der Waals surface area contributed by atoms with Crippen molar-refractivity contribution < 1.29 is 18.4 Å². The molecule has 0 spiro atoms. The second-order valence-electron chi connectivity index (χ2n) is 3.78.